The topological polar surface area (TPSA) is 0 Å². The van der Waals surface area contributed by atoms with E-state index in [2.05, 4.69) is 190 Å². The zero-order valence-electron chi connectivity index (χ0n) is 33.9. The highest BCUT2D eigenvalue weighted by molar-refractivity contribution is 7.19. The number of thiophene rings is 1. The average molecular weight is 777 g/mol. The third kappa shape index (κ3) is 5.01. The molecule has 59 heavy (non-hydrogen) atoms. The fourth-order valence-electron chi connectivity index (χ4n) is 12.1. The van der Waals surface area contributed by atoms with Crippen molar-refractivity contribution in [3.05, 3.63) is 236 Å². The van der Waals surface area contributed by atoms with Crippen molar-refractivity contribution in [3.63, 3.8) is 0 Å². The van der Waals surface area contributed by atoms with Crippen LogP contribution in [0.2, 0.25) is 0 Å². The van der Waals surface area contributed by atoms with Gasteiger partial charge >= 0.3 is 0 Å². The molecular weight excluding hydrogens is 729 g/mol. The van der Waals surface area contributed by atoms with Crippen LogP contribution in [0.1, 0.15) is 106 Å². The summed E-state index contributed by atoms with van der Waals surface area (Å²) in [7, 11) is 0. The van der Waals surface area contributed by atoms with E-state index >= 15 is 0 Å². The highest BCUT2D eigenvalue weighted by atomic mass is 32.1. The molecule has 1 spiro atoms. The van der Waals surface area contributed by atoms with E-state index in [4.69, 9.17) is 0 Å². The summed E-state index contributed by atoms with van der Waals surface area (Å²) in [6.07, 6.45) is 31.8. The van der Waals surface area contributed by atoms with Gasteiger partial charge in [-0.15, -0.1) is 11.3 Å². The summed E-state index contributed by atoms with van der Waals surface area (Å²) < 4.78 is 1.42. The number of hydrogen-bond donors (Lipinski definition) is 0. The fourth-order valence-corrected chi connectivity index (χ4v) is 13.4. The standard InChI is InChI=1S/C58H48S/c1-37-27-33-46-47-36-41(32-34-54(47)59-55(46)35-37)38-28-30-40(31-29-38)43-20-14-26-53-56(43)57(2,48-21-9-6-17-42(48)39-15-4-3-5-16-39)51-24-12-13-25-52(51)58(53)49-22-10-7-18-44(49)45-19-8-11-23-50(45)58/h3-11,13-15,17-23,25-28,30-34,36-39H,12,16,24,29,35H2,1-2H3. The first-order chi connectivity index (χ1) is 29.0. The van der Waals surface area contributed by atoms with E-state index in [-0.39, 0.29) is 5.41 Å². The van der Waals surface area contributed by atoms with Crippen molar-refractivity contribution >= 4 is 33.1 Å². The van der Waals surface area contributed by atoms with Crippen molar-refractivity contribution in [3.8, 4) is 11.1 Å². The Morgan fingerprint density at radius 3 is 2.19 bits per heavy atom. The molecule has 6 aliphatic carbocycles. The van der Waals surface area contributed by atoms with Gasteiger partial charge in [0.15, 0.2) is 0 Å². The van der Waals surface area contributed by atoms with Gasteiger partial charge < -0.3 is 0 Å². The Morgan fingerprint density at radius 2 is 1.41 bits per heavy atom. The largest absolute Gasteiger partial charge is 0.140 e. The summed E-state index contributed by atoms with van der Waals surface area (Å²) in [4.78, 5) is 1.54. The van der Waals surface area contributed by atoms with E-state index in [9.17, 15) is 0 Å². The molecule has 0 amide bonds. The average Bonchev–Trinajstić information content (AvgIpc) is 3.81. The first kappa shape index (κ1) is 35.2. The number of rotatable bonds is 4. The van der Waals surface area contributed by atoms with Crippen LogP contribution in [-0.2, 0) is 17.3 Å². The number of hydrogen-bond acceptors (Lipinski definition) is 1. The maximum absolute atomic E-state index is 2.59. The summed E-state index contributed by atoms with van der Waals surface area (Å²) in [6, 6.07) is 42.6. The van der Waals surface area contributed by atoms with Crippen LogP contribution in [0.5, 0.6) is 0 Å². The molecule has 5 aromatic carbocycles. The molecule has 0 nitrogen and oxygen atoms in total. The van der Waals surface area contributed by atoms with E-state index < -0.39 is 5.41 Å². The molecule has 6 aromatic rings. The van der Waals surface area contributed by atoms with E-state index in [0.717, 1.165) is 32.1 Å². The zero-order valence-corrected chi connectivity index (χ0v) is 34.7. The highest BCUT2D eigenvalue weighted by Crippen LogP contribution is 2.66. The lowest BCUT2D eigenvalue weighted by Gasteiger charge is -2.51. The van der Waals surface area contributed by atoms with E-state index in [1.165, 1.54) is 82.4 Å². The molecule has 0 radical (unpaired) electrons. The molecule has 1 aromatic heterocycles. The molecule has 0 fully saturated rings. The van der Waals surface area contributed by atoms with Gasteiger partial charge in [-0.2, -0.15) is 0 Å². The van der Waals surface area contributed by atoms with Gasteiger partial charge in [0.05, 0.1) is 5.41 Å². The molecule has 6 aliphatic rings. The Hall–Kier alpha value is -5.76. The van der Waals surface area contributed by atoms with Gasteiger partial charge in [0.25, 0.3) is 0 Å². The molecule has 4 unspecified atom stereocenters. The van der Waals surface area contributed by atoms with Gasteiger partial charge in [-0.3, -0.25) is 0 Å². The van der Waals surface area contributed by atoms with Crippen molar-refractivity contribution in [2.24, 2.45) is 5.92 Å². The molecule has 1 heteroatoms. The second-order valence-corrected chi connectivity index (χ2v) is 19.0. The van der Waals surface area contributed by atoms with Crippen LogP contribution in [0.15, 0.2) is 181 Å². The van der Waals surface area contributed by atoms with E-state index in [1.54, 1.807) is 10.5 Å². The summed E-state index contributed by atoms with van der Waals surface area (Å²) in [5, 5.41) is 1.43. The summed E-state index contributed by atoms with van der Waals surface area (Å²) >= 11 is 1.99. The first-order valence-electron chi connectivity index (χ1n) is 21.8. The number of fused-ring (bicyclic) bond motifs is 11. The lowest BCUT2D eigenvalue weighted by molar-refractivity contribution is 0.547. The van der Waals surface area contributed by atoms with Gasteiger partial charge in [-0.05, 0) is 129 Å². The Labute approximate surface area is 353 Å². The zero-order chi connectivity index (χ0) is 39.3. The number of allylic oxidation sites excluding steroid dienone is 13. The monoisotopic (exact) mass is 776 g/mol. The third-order valence-electron chi connectivity index (χ3n) is 14.7. The van der Waals surface area contributed by atoms with Crippen molar-refractivity contribution in [1.29, 1.82) is 0 Å². The van der Waals surface area contributed by atoms with Gasteiger partial charge in [0, 0.05) is 32.2 Å². The normalized spacial score (nSPS) is 24.2. The predicted molar refractivity (Wildman–Crippen MR) is 250 cm³/mol. The Kier molecular flexibility index (Phi) is 7.99. The second kappa shape index (κ2) is 13.4. The van der Waals surface area contributed by atoms with E-state index in [1.807, 2.05) is 11.3 Å². The smallest absolute Gasteiger partial charge is 0.0716 e. The van der Waals surface area contributed by atoms with Crippen molar-refractivity contribution < 1.29 is 0 Å². The Bertz CT molecular complexity index is 2920. The maximum atomic E-state index is 2.59. The Morgan fingerprint density at radius 1 is 0.644 bits per heavy atom. The molecule has 12 rings (SSSR count). The summed E-state index contributed by atoms with van der Waals surface area (Å²) in [6.45, 7) is 4.92. The highest BCUT2D eigenvalue weighted by Gasteiger charge is 2.56. The lowest BCUT2D eigenvalue weighted by atomic mass is 9.50. The van der Waals surface area contributed by atoms with Crippen LogP contribution in [0.25, 0.3) is 32.9 Å². The molecule has 1 heterocycles. The van der Waals surface area contributed by atoms with Gasteiger partial charge in [-0.1, -0.05) is 176 Å². The van der Waals surface area contributed by atoms with Gasteiger partial charge in [0.2, 0.25) is 0 Å². The molecule has 0 bridgehead atoms. The lowest BCUT2D eigenvalue weighted by Crippen LogP contribution is -2.44. The fraction of sp³-hybridized carbons (Fsp3) is 0.207. The van der Waals surface area contributed by atoms with Crippen LogP contribution in [0.4, 0.5) is 0 Å². The molecule has 0 aliphatic heterocycles. The van der Waals surface area contributed by atoms with Crippen molar-refractivity contribution in [2.45, 2.75) is 68.6 Å². The third-order valence-corrected chi connectivity index (χ3v) is 16.0. The molecule has 0 N–H and O–H groups in total. The van der Waals surface area contributed by atoms with E-state index in [0.29, 0.717) is 17.8 Å². The molecule has 286 valence electrons. The minimum atomic E-state index is -0.407. The molecule has 4 atom stereocenters. The quantitative estimate of drug-likeness (QED) is 0.167. The van der Waals surface area contributed by atoms with Crippen molar-refractivity contribution in [1.82, 2.24) is 0 Å². The molecule has 0 saturated heterocycles. The minimum Gasteiger partial charge on any atom is -0.140 e. The molecule has 0 saturated carbocycles. The first-order valence-corrected chi connectivity index (χ1v) is 22.7. The number of benzene rings is 5. The van der Waals surface area contributed by atoms with Gasteiger partial charge in [0.1, 0.15) is 0 Å². The molecular formula is C58H48S. The van der Waals surface area contributed by atoms with Gasteiger partial charge in [-0.25, -0.2) is 0 Å². The summed E-state index contributed by atoms with van der Waals surface area (Å²) in [5.41, 5.74) is 19.2. The van der Waals surface area contributed by atoms with Crippen LogP contribution in [0.3, 0.4) is 0 Å². The second-order valence-electron chi connectivity index (χ2n) is 17.9. The van der Waals surface area contributed by atoms with Crippen molar-refractivity contribution in [2.75, 3.05) is 0 Å². The predicted octanol–water partition coefficient (Wildman–Crippen LogP) is 15.1. The Balaban J connectivity index is 1.08. The van der Waals surface area contributed by atoms with Crippen LogP contribution < -0.4 is 0 Å². The van der Waals surface area contributed by atoms with Crippen LogP contribution >= 0.6 is 11.3 Å². The minimum absolute atomic E-state index is 0.343. The van der Waals surface area contributed by atoms with Crippen LogP contribution in [0, 0.1) is 5.92 Å². The van der Waals surface area contributed by atoms with Crippen LogP contribution in [-0.4, -0.2) is 0 Å². The maximum Gasteiger partial charge on any atom is 0.0716 e. The SMILES string of the molecule is CC1C=Cc2c(sc3ccc(C4C=CC(c5cccc6c5C(C)(c5ccccc5C5C=CC=CC5)C5=C(C=CCC5)C65c6ccccc6-c6ccccc65)=CC4)cc23)C1. The summed E-state index contributed by atoms with van der Waals surface area (Å²) in [5.74, 6) is 1.31.